The Hall–Kier alpha value is -2.34. The van der Waals surface area contributed by atoms with Crippen molar-refractivity contribution in [2.24, 2.45) is 10.8 Å². The molecule has 0 radical (unpaired) electrons. The Morgan fingerprint density at radius 2 is 1.05 bits per heavy atom. The molecule has 7 aliphatic carbocycles. The Balaban J connectivity index is 1.63. The van der Waals surface area contributed by atoms with Gasteiger partial charge >= 0.3 is 0 Å². The Bertz CT molecular complexity index is 1340. The second kappa shape index (κ2) is 13.3. The molecular weight excluding hydrogens is 516 g/mol. The van der Waals surface area contributed by atoms with Crippen molar-refractivity contribution in [1.82, 2.24) is 0 Å². The standard InChI is InChI=1S/C43H56/c1-2-9-23-35(22-8-1)41-40(34-20-10-5-11-21-34)32-33-42(37-26-18-19-27-37,36-24-14-6-15-25-36)43(41,39-30-16-7-17-31-39)38-28-12-3-4-13-29-38/h1,7-8,16,20,22,24,26,28,30H,2-6,9-15,17-19,21,23,25,27,29,31-33H2. The zero-order chi connectivity index (χ0) is 29.0. The van der Waals surface area contributed by atoms with Crippen molar-refractivity contribution < 1.29 is 0 Å². The maximum Gasteiger partial charge on any atom is 0.0510 e. The second-order valence-corrected chi connectivity index (χ2v) is 14.6. The van der Waals surface area contributed by atoms with E-state index in [4.69, 9.17) is 0 Å². The van der Waals surface area contributed by atoms with Gasteiger partial charge in [-0.3, -0.25) is 0 Å². The number of rotatable bonds is 6. The molecule has 0 saturated heterocycles. The first kappa shape index (κ1) is 29.4. The molecule has 0 fully saturated rings. The largest absolute Gasteiger partial charge is 0.0845 e. The van der Waals surface area contributed by atoms with E-state index >= 15 is 0 Å². The summed E-state index contributed by atoms with van der Waals surface area (Å²) in [6.07, 6.45) is 56.0. The fourth-order valence-corrected chi connectivity index (χ4v) is 10.6. The van der Waals surface area contributed by atoms with Crippen LogP contribution in [0, 0.1) is 10.8 Å². The van der Waals surface area contributed by atoms with Gasteiger partial charge in [-0.2, -0.15) is 0 Å². The lowest BCUT2D eigenvalue weighted by Gasteiger charge is -2.61. The van der Waals surface area contributed by atoms with Crippen LogP contribution in [0.3, 0.4) is 0 Å². The van der Waals surface area contributed by atoms with Crippen LogP contribution in [0.4, 0.5) is 0 Å². The Kier molecular flexibility index (Phi) is 9.11. The van der Waals surface area contributed by atoms with Crippen LogP contribution < -0.4 is 0 Å². The van der Waals surface area contributed by atoms with Gasteiger partial charge in [0.05, 0.1) is 5.41 Å². The summed E-state index contributed by atoms with van der Waals surface area (Å²) in [6, 6.07) is 0. The van der Waals surface area contributed by atoms with E-state index in [0.717, 1.165) is 0 Å². The molecule has 0 heteroatoms. The van der Waals surface area contributed by atoms with E-state index in [1.54, 1.807) is 22.3 Å². The van der Waals surface area contributed by atoms with Gasteiger partial charge in [-0.15, -0.1) is 0 Å². The molecule has 7 rings (SSSR count). The molecule has 0 aliphatic heterocycles. The summed E-state index contributed by atoms with van der Waals surface area (Å²) in [5, 5.41) is 0. The summed E-state index contributed by atoms with van der Waals surface area (Å²) in [7, 11) is 0. The summed E-state index contributed by atoms with van der Waals surface area (Å²) in [5.41, 5.74) is 14.3. The number of allylic oxidation sites excluding steroid dienone is 18. The first-order chi connectivity index (χ1) is 21.4. The summed E-state index contributed by atoms with van der Waals surface area (Å²) in [5.74, 6) is 0. The lowest BCUT2D eigenvalue weighted by atomic mass is 9.41. The highest BCUT2D eigenvalue weighted by Gasteiger charge is 2.62. The van der Waals surface area contributed by atoms with Crippen molar-refractivity contribution in [1.29, 1.82) is 0 Å². The van der Waals surface area contributed by atoms with Crippen LogP contribution in [0.25, 0.3) is 0 Å². The third-order valence-corrected chi connectivity index (χ3v) is 12.3. The van der Waals surface area contributed by atoms with Gasteiger partial charge in [0.1, 0.15) is 0 Å². The quantitative estimate of drug-likeness (QED) is 0.278. The molecule has 43 heavy (non-hydrogen) atoms. The fraction of sp³-hybridized carbons (Fsp3) is 0.581. The first-order valence-electron chi connectivity index (χ1n) is 18.6. The van der Waals surface area contributed by atoms with E-state index < -0.39 is 0 Å². The van der Waals surface area contributed by atoms with Gasteiger partial charge in [0, 0.05) is 5.41 Å². The van der Waals surface area contributed by atoms with Gasteiger partial charge < -0.3 is 0 Å². The molecule has 0 bridgehead atoms. The first-order valence-corrected chi connectivity index (χ1v) is 18.6. The minimum Gasteiger partial charge on any atom is -0.0845 e. The summed E-state index contributed by atoms with van der Waals surface area (Å²) >= 11 is 0. The van der Waals surface area contributed by atoms with E-state index in [2.05, 4.69) is 60.8 Å². The van der Waals surface area contributed by atoms with E-state index in [1.165, 1.54) is 148 Å². The molecule has 0 N–H and O–H groups in total. The Morgan fingerprint density at radius 1 is 0.419 bits per heavy atom. The predicted octanol–water partition coefficient (Wildman–Crippen LogP) is 13.0. The topological polar surface area (TPSA) is 0 Å². The van der Waals surface area contributed by atoms with Crippen LogP contribution in [0.15, 0.2) is 105 Å². The Morgan fingerprint density at radius 3 is 1.81 bits per heavy atom. The van der Waals surface area contributed by atoms with Crippen LogP contribution in [-0.2, 0) is 0 Å². The maximum absolute atomic E-state index is 2.82. The van der Waals surface area contributed by atoms with Crippen LogP contribution >= 0.6 is 0 Å². The second-order valence-electron chi connectivity index (χ2n) is 14.6. The lowest BCUT2D eigenvalue weighted by molar-refractivity contribution is 0.180. The molecule has 2 unspecified atom stereocenters. The third kappa shape index (κ3) is 5.23. The highest BCUT2D eigenvalue weighted by atomic mass is 14.6. The molecule has 2 atom stereocenters. The lowest BCUT2D eigenvalue weighted by Crippen LogP contribution is -2.52. The van der Waals surface area contributed by atoms with Crippen molar-refractivity contribution in [3.05, 3.63) is 105 Å². The molecule has 0 heterocycles. The van der Waals surface area contributed by atoms with Crippen LogP contribution in [-0.4, -0.2) is 0 Å². The maximum atomic E-state index is 2.82. The van der Waals surface area contributed by atoms with Gasteiger partial charge in [0.25, 0.3) is 0 Å². The molecular formula is C43H56. The number of hydrogen-bond acceptors (Lipinski definition) is 0. The van der Waals surface area contributed by atoms with Crippen LogP contribution in [0.5, 0.6) is 0 Å². The van der Waals surface area contributed by atoms with Crippen molar-refractivity contribution in [2.75, 3.05) is 0 Å². The molecule has 0 aromatic heterocycles. The monoisotopic (exact) mass is 572 g/mol. The molecule has 7 aliphatic rings. The van der Waals surface area contributed by atoms with Gasteiger partial charge in [-0.05, 0) is 164 Å². The van der Waals surface area contributed by atoms with Crippen LogP contribution in [0.2, 0.25) is 0 Å². The zero-order valence-electron chi connectivity index (χ0n) is 27.0. The molecule has 0 nitrogen and oxygen atoms in total. The van der Waals surface area contributed by atoms with Gasteiger partial charge in [-0.25, -0.2) is 0 Å². The van der Waals surface area contributed by atoms with Crippen LogP contribution in [0.1, 0.15) is 148 Å². The fourth-order valence-electron chi connectivity index (χ4n) is 10.6. The van der Waals surface area contributed by atoms with E-state index in [9.17, 15) is 0 Å². The average molecular weight is 573 g/mol. The smallest absolute Gasteiger partial charge is 0.0510 e. The minimum absolute atomic E-state index is 0.0443. The SMILES string of the molecule is C1=CCCCC(C2=C(C3=CCCCC3)CCC(C3=CCCC3)(C3=CCCCC3)C2(C2=CC=CCC2)C2=CCCCCC2)=C1. The van der Waals surface area contributed by atoms with Gasteiger partial charge in [0.2, 0.25) is 0 Å². The predicted molar refractivity (Wildman–Crippen MR) is 185 cm³/mol. The Labute approximate surface area is 263 Å². The van der Waals surface area contributed by atoms with E-state index in [-0.39, 0.29) is 10.8 Å². The minimum atomic E-state index is -0.0443. The third-order valence-electron chi connectivity index (χ3n) is 12.3. The molecule has 0 aromatic carbocycles. The highest BCUT2D eigenvalue weighted by molar-refractivity contribution is 5.66. The average Bonchev–Trinajstić information content (AvgIpc) is 3.30. The summed E-state index contributed by atoms with van der Waals surface area (Å²) in [4.78, 5) is 0. The summed E-state index contributed by atoms with van der Waals surface area (Å²) in [6.45, 7) is 0. The van der Waals surface area contributed by atoms with Crippen molar-refractivity contribution >= 4 is 0 Å². The molecule has 228 valence electrons. The van der Waals surface area contributed by atoms with Crippen molar-refractivity contribution in [3.8, 4) is 0 Å². The number of hydrogen-bond donors (Lipinski definition) is 0. The molecule has 0 aromatic rings. The summed E-state index contributed by atoms with van der Waals surface area (Å²) < 4.78 is 0. The van der Waals surface area contributed by atoms with Crippen molar-refractivity contribution in [3.63, 3.8) is 0 Å². The van der Waals surface area contributed by atoms with Gasteiger partial charge in [-0.1, -0.05) is 89.5 Å². The van der Waals surface area contributed by atoms with Gasteiger partial charge in [0.15, 0.2) is 0 Å². The van der Waals surface area contributed by atoms with E-state index in [1.807, 2.05) is 22.3 Å². The zero-order valence-corrected chi connectivity index (χ0v) is 27.0. The molecule has 0 saturated carbocycles. The highest BCUT2D eigenvalue weighted by Crippen LogP contribution is 2.72. The van der Waals surface area contributed by atoms with E-state index in [0.29, 0.717) is 0 Å². The van der Waals surface area contributed by atoms with Crippen molar-refractivity contribution in [2.45, 2.75) is 148 Å². The normalized spacial score (nSPS) is 32.2. The molecule has 0 spiro atoms. The molecule has 0 amide bonds.